The first-order chi connectivity index (χ1) is 12.3. The average molecular weight is 329 g/mol. The summed E-state index contributed by atoms with van der Waals surface area (Å²) < 4.78 is 15.4. The molecule has 0 N–H and O–H groups in total. The Bertz CT molecular complexity index is 961. The SMILES string of the molecule is Fc1ccc(-c2ncn(Cc3ccccc3)c2-c2ccncc2)cc1. The van der Waals surface area contributed by atoms with Gasteiger partial charge in [-0.1, -0.05) is 30.3 Å². The Hall–Kier alpha value is -3.27. The Morgan fingerprint density at radius 2 is 1.52 bits per heavy atom. The van der Waals surface area contributed by atoms with Crippen LogP contribution in [0.15, 0.2) is 85.5 Å². The highest BCUT2D eigenvalue weighted by Gasteiger charge is 2.15. The van der Waals surface area contributed by atoms with Gasteiger partial charge in [-0.25, -0.2) is 9.37 Å². The maximum Gasteiger partial charge on any atom is 0.123 e. The molecule has 2 heterocycles. The van der Waals surface area contributed by atoms with Gasteiger partial charge in [0.1, 0.15) is 5.82 Å². The third-order valence-electron chi connectivity index (χ3n) is 4.10. The molecular formula is C21H16FN3. The van der Waals surface area contributed by atoms with E-state index in [1.807, 2.05) is 36.7 Å². The average Bonchev–Trinajstić information content (AvgIpc) is 3.07. The van der Waals surface area contributed by atoms with Crippen LogP contribution in [0.3, 0.4) is 0 Å². The Morgan fingerprint density at radius 3 is 2.24 bits per heavy atom. The molecule has 122 valence electrons. The van der Waals surface area contributed by atoms with E-state index in [0.29, 0.717) is 6.54 Å². The van der Waals surface area contributed by atoms with Gasteiger partial charge in [0, 0.05) is 30.1 Å². The molecule has 0 saturated heterocycles. The fourth-order valence-electron chi connectivity index (χ4n) is 2.91. The predicted octanol–water partition coefficient (Wildman–Crippen LogP) is 4.80. The van der Waals surface area contributed by atoms with Crippen molar-refractivity contribution >= 4 is 0 Å². The number of hydrogen-bond acceptors (Lipinski definition) is 2. The van der Waals surface area contributed by atoms with E-state index in [2.05, 4.69) is 26.7 Å². The lowest BCUT2D eigenvalue weighted by Gasteiger charge is -2.11. The van der Waals surface area contributed by atoms with Crippen molar-refractivity contribution in [2.24, 2.45) is 0 Å². The number of halogens is 1. The topological polar surface area (TPSA) is 30.7 Å². The van der Waals surface area contributed by atoms with E-state index >= 15 is 0 Å². The third-order valence-corrected chi connectivity index (χ3v) is 4.10. The molecule has 25 heavy (non-hydrogen) atoms. The molecule has 0 atom stereocenters. The van der Waals surface area contributed by atoms with Crippen LogP contribution in [0.5, 0.6) is 0 Å². The Balaban J connectivity index is 1.83. The van der Waals surface area contributed by atoms with Crippen LogP contribution in [-0.4, -0.2) is 14.5 Å². The minimum atomic E-state index is -0.252. The van der Waals surface area contributed by atoms with Crippen molar-refractivity contribution in [3.05, 3.63) is 96.8 Å². The Kier molecular flexibility index (Phi) is 4.09. The molecule has 4 aromatic rings. The maximum absolute atomic E-state index is 13.3. The quantitative estimate of drug-likeness (QED) is 0.538. The third kappa shape index (κ3) is 3.19. The first-order valence-electron chi connectivity index (χ1n) is 8.06. The van der Waals surface area contributed by atoms with E-state index in [1.54, 1.807) is 24.5 Å². The summed E-state index contributed by atoms with van der Waals surface area (Å²) in [4.78, 5) is 8.71. The van der Waals surface area contributed by atoms with Crippen molar-refractivity contribution in [2.45, 2.75) is 6.54 Å². The van der Waals surface area contributed by atoms with Crippen molar-refractivity contribution in [2.75, 3.05) is 0 Å². The molecular weight excluding hydrogens is 313 g/mol. The number of nitrogens with zero attached hydrogens (tertiary/aromatic N) is 3. The highest BCUT2D eigenvalue weighted by Crippen LogP contribution is 2.31. The van der Waals surface area contributed by atoms with Crippen molar-refractivity contribution in [1.82, 2.24) is 14.5 Å². The Morgan fingerprint density at radius 1 is 0.800 bits per heavy atom. The van der Waals surface area contributed by atoms with Crippen LogP contribution >= 0.6 is 0 Å². The lowest BCUT2D eigenvalue weighted by atomic mass is 10.1. The fourth-order valence-corrected chi connectivity index (χ4v) is 2.91. The molecule has 0 bridgehead atoms. The highest BCUT2D eigenvalue weighted by atomic mass is 19.1. The summed E-state index contributed by atoms with van der Waals surface area (Å²) in [7, 11) is 0. The summed E-state index contributed by atoms with van der Waals surface area (Å²) in [6.07, 6.45) is 5.37. The molecule has 0 aliphatic heterocycles. The van der Waals surface area contributed by atoms with Crippen LogP contribution in [-0.2, 0) is 6.54 Å². The molecule has 2 aromatic carbocycles. The summed E-state index contributed by atoms with van der Waals surface area (Å²) in [5, 5.41) is 0. The molecule has 2 aromatic heterocycles. The van der Waals surface area contributed by atoms with Gasteiger partial charge in [0.05, 0.1) is 17.7 Å². The molecule has 0 aliphatic rings. The van der Waals surface area contributed by atoms with Crippen molar-refractivity contribution < 1.29 is 4.39 Å². The molecule has 0 saturated carbocycles. The number of pyridine rings is 1. The molecule has 3 nitrogen and oxygen atoms in total. The number of imidazole rings is 1. The van der Waals surface area contributed by atoms with Crippen LogP contribution < -0.4 is 0 Å². The number of hydrogen-bond donors (Lipinski definition) is 0. The molecule has 4 rings (SSSR count). The predicted molar refractivity (Wildman–Crippen MR) is 96.4 cm³/mol. The monoisotopic (exact) mass is 329 g/mol. The summed E-state index contributed by atoms with van der Waals surface area (Å²) >= 11 is 0. The summed E-state index contributed by atoms with van der Waals surface area (Å²) in [5.41, 5.74) is 4.95. The van der Waals surface area contributed by atoms with E-state index in [0.717, 1.165) is 22.5 Å². The minimum absolute atomic E-state index is 0.252. The fraction of sp³-hybridized carbons (Fsp3) is 0.0476. The highest BCUT2D eigenvalue weighted by molar-refractivity contribution is 5.78. The van der Waals surface area contributed by atoms with Gasteiger partial charge in [0.25, 0.3) is 0 Å². The zero-order chi connectivity index (χ0) is 17.1. The lowest BCUT2D eigenvalue weighted by molar-refractivity contribution is 0.628. The molecule has 0 fully saturated rings. The number of rotatable bonds is 4. The minimum Gasteiger partial charge on any atom is -0.326 e. The van der Waals surface area contributed by atoms with E-state index in [-0.39, 0.29) is 5.82 Å². The first-order valence-corrected chi connectivity index (χ1v) is 8.06. The van der Waals surface area contributed by atoms with Crippen molar-refractivity contribution in [3.8, 4) is 22.5 Å². The zero-order valence-electron chi connectivity index (χ0n) is 13.5. The molecule has 4 heteroatoms. The molecule has 0 amide bonds. The van der Waals surface area contributed by atoms with Gasteiger partial charge in [-0.15, -0.1) is 0 Å². The molecule has 0 aliphatic carbocycles. The maximum atomic E-state index is 13.3. The van der Waals surface area contributed by atoms with Gasteiger partial charge < -0.3 is 4.57 Å². The van der Waals surface area contributed by atoms with Crippen LogP contribution in [0.2, 0.25) is 0 Å². The molecule has 0 spiro atoms. The van der Waals surface area contributed by atoms with Crippen molar-refractivity contribution in [3.63, 3.8) is 0 Å². The standard InChI is InChI=1S/C21H16FN3/c22-19-8-6-17(7-9-19)20-21(18-10-12-23-13-11-18)25(15-24-20)14-16-4-2-1-3-5-16/h1-13,15H,14H2. The Labute approximate surface area is 145 Å². The summed E-state index contributed by atoms with van der Waals surface area (Å²) in [6.45, 7) is 0.715. The van der Waals surface area contributed by atoms with E-state index in [9.17, 15) is 4.39 Å². The van der Waals surface area contributed by atoms with Crippen LogP contribution in [0.1, 0.15) is 5.56 Å². The van der Waals surface area contributed by atoms with E-state index in [4.69, 9.17) is 0 Å². The van der Waals surface area contributed by atoms with Crippen LogP contribution in [0.25, 0.3) is 22.5 Å². The van der Waals surface area contributed by atoms with Gasteiger partial charge in [-0.2, -0.15) is 0 Å². The first kappa shape index (κ1) is 15.3. The smallest absolute Gasteiger partial charge is 0.123 e. The normalized spacial score (nSPS) is 10.8. The summed E-state index contributed by atoms with van der Waals surface area (Å²) in [6, 6.07) is 20.6. The number of benzene rings is 2. The molecule has 0 radical (unpaired) electrons. The van der Waals surface area contributed by atoms with Gasteiger partial charge in [0.2, 0.25) is 0 Å². The second-order valence-electron chi connectivity index (χ2n) is 5.80. The van der Waals surface area contributed by atoms with Gasteiger partial charge in [-0.3, -0.25) is 4.98 Å². The van der Waals surface area contributed by atoms with Gasteiger partial charge >= 0.3 is 0 Å². The second-order valence-corrected chi connectivity index (χ2v) is 5.80. The molecule has 0 unspecified atom stereocenters. The number of aromatic nitrogens is 3. The van der Waals surface area contributed by atoms with Gasteiger partial charge in [0.15, 0.2) is 0 Å². The van der Waals surface area contributed by atoms with Crippen LogP contribution in [0, 0.1) is 5.82 Å². The zero-order valence-corrected chi connectivity index (χ0v) is 13.5. The lowest BCUT2D eigenvalue weighted by Crippen LogP contribution is -2.01. The second kappa shape index (κ2) is 6.69. The van der Waals surface area contributed by atoms with Crippen molar-refractivity contribution in [1.29, 1.82) is 0 Å². The largest absolute Gasteiger partial charge is 0.326 e. The van der Waals surface area contributed by atoms with Gasteiger partial charge in [-0.05, 0) is 42.0 Å². The summed E-state index contributed by atoms with van der Waals surface area (Å²) in [5.74, 6) is -0.252. The van der Waals surface area contributed by atoms with E-state index < -0.39 is 0 Å². The van der Waals surface area contributed by atoms with E-state index in [1.165, 1.54) is 17.7 Å². The van der Waals surface area contributed by atoms with Crippen LogP contribution in [0.4, 0.5) is 4.39 Å².